The van der Waals surface area contributed by atoms with Gasteiger partial charge in [-0.1, -0.05) is 20.8 Å². The Morgan fingerprint density at radius 3 is 2.38 bits per heavy atom. The van der Waals surface area contributed by atoms with Gasteiger partial charge in [-0.3, -0.25) is 9.69 Å². The lowest BCUT2D eigenvalue weighted by molar-refractivity contribution is -0.129. The van der Waals surface area contributed by atoms with Crippen molar-refractivity contribution in [2.24, 2.45) is 5.41 Å². The summed E-state index contributed by atoms with van der Waals surface area (Å²) in [6, 6.07) is 4.66. The normalized spacial score (nSPS) is 18.9. The van der Waals surface area contributed by atoms with Crippen molar-refractivity contribution in [3.05, 3.63) is 30.1 Å². The summed E-state index contributed by atoms with van der Waals surface area (Å²) in [5.74, 6) is -0.0875. The number of rotatable bonds is 4. The van der Waals surface area contributed by atoms with Gasteiger partial charge in [0.05, 0.1) is 6.54 Å². The monoisotopic (exact) mass is 294 g/mol. The molecule has 0 bridgehead atoms. The maximum atomic E-state index is 12.8. The second kappa shape index (κ2) is 5.71. The van der Waals surface area contributed by atoms with Crippen molar-refractivity contribution in [1.29, 1.82) is 0 Å². The van der Waals surface area contributed by atoms with Crippen LogP contribution in [0.2, 0.25) is 0 Å². The maximum absolute atomic E-state index is 12.8. The van der Waals surface area contributed by atoms with E-state index in [1.807, 2.05) is 20.8 Å². The molecular formula is C15H19FN2O3. The number of nitrogens with one attached hydrogen (secondary N) is 1. The minimum absolute atomic E-state index is 0.161. The Balaban J connectivity index is 1.90. The smallest absolute Gasteiger partial charge is 0.324 e. The maximum Gasteiger partial charge on any atom is 0.324 e. The van der Waals surface area contributed by atoms with E-state index in [4.69, 9.17) is 4.74 Å². The minimum Gasteiger partial charge on any atom is -0.492 e. The predicted octanol–water partition coefficient (Wildman–Crippen LogP) is 2.17. The molecule has 1 aliphatic rings. The number of nitrogens with zero attached hydrogens (tertiary/aromatic N) is 1. The van der Waals surface area contributed by atoms with Crippen molar-refractivity contribution in [1.82, 2.24) is 10.2 Å². The fraction of sp³-hybridized carbons (Fsp3) is 0.467. The van der Waals surface area contributed by atoms with Gasteiger partial charge in [0.15, 0.2) is 0 Å². The lowest BCUT2D eigenvalue weighted by Crippen LogP contribution is -2.41. The van der Waals surface area contributed by atoms with Crippen molar-refractivity contribution >= 4 is 11.9 Å². The summed E-state index contributed by atoms with van der Waals surface area (Å²) >= 11 is 0. The molecule has 0 aliphatic carbocycles. The first kappa shape index (κ1) is 15.3. The van der Waals surface area contributed by atoms with Crippen molar-refractivity contribution in [2.45, 2.75) is 26.8 Å². The molecule has 114 valence electrons. The highest BCUT2D eigenvalue weighted by molar-refractivity contribution is 6.04. The molecule has 0 saturated carbocycles. The number of urea groups is 1. The van der Waals surface area contributed by atoms with Crippen molar-refractivity contribution in [3.63, 3.8) is 0 Å². The Labute approximate surface area is 123 Å². The Kier molecular flexibility index (Phi) is 4.16. The van der Waals surface area contributed by atoms with Gasteiger partial charge in [-0.25, -0.2) is 9.18 Å². The van der Waals surface area contributed by atoms with E-state index in [2.05, 4.69) is 5.32 Å². The predicted molar refractivity (Wildman–Crippen MR) is 75.4 cm³/mol. The number of halogens is 1. The first-order chi connectivity index (χ1) is 9.79. The SMILES string of the molecule is CC(C)(C)[C@H]1NC(=O)N(CCOc2ccc(F)cc2)C1=O. The third-order valence-corrected chi connectivity index (χ3v) is 3.29. The van der Waals surface area contributed by atoms with Gasteiger partial charge >= 0.3 is 6.03 Å². The summed E-state index contributed by atoms with van der Waals surface area (Å²) in [5.41, 5.74) is -0.334. The lowest BCUT2D eigenvalue weighted by atomic mass is 9.87. The van der Waals surface area contributed by atoms with E-state index >= 15 is 0 Å². The molecule has 0 radical (unpaired) electrons. The van der Waals surface area contributed by atoms with E-state index in [0.29, 0.717) is 5.75 Å². The van der Waals surface area contributed by atoms with E-state index in [1.165, 1.54) is 24.3 Å². The second-order valence-electron chi connectivity index (χ2n) is 6.04. The van der Waals surface area contributed by atoms with Crippen LogP contribution in [0.5, 0.6) is 5.75 Å². The minimum atomic E-state index is -0.518. The topological polar surface area (TPSA) is 58.6 Å². The molecule has 1 aromatic rings. The molecule has 1 aromatic carbocycles. The Hall–Kier alpha value is -2.11. The largest absolute Gasteiger partial charge is 0.492 e. The summed E-state index contributed by atoms with van der Waals surface area (Å²) < 4.78 is 18.2. The van der Waals surface area contributed by atoms with Crippen molar-refractivity contribution in [3.8, 4) is 5.75 Å². The number of carbonyl (C=O) groups excluding carboxylic acids is 2. The van der Waals surface area contributed by atoms with Crippen LogP contribution in [-0.2, 0) is 4.79 Å². The van der Waals surface area contributed by atoms with Crippen LogP contribution in [0.4, 0.5) is 9.18 Å². The molecule has 21 heavy (non-hydrogen) atoms. The van der Waals surface area contributed by atoms with E-state index < -0.39 is 12.1 Å². The van der Waals surface area contributed by atoms with Crippen LogP contribution in [0.15, 0.2) is 24.3 Å². The van der Waals surface area contributed by atoms with Gasteiger partial charge in [-0.05, 0) is 29.7 Å². The molecule has 0 spiro atoms. The first-order valence-electron chi connectivity index (χ1n) is 6.79. The van der Waals surface area contributed by atoms with Gasteiger partial charge in [0.25, 0.3) is 5.91 Å². The van der Waals surface area contributed by atoms with Gasteiger partial charge in [0.1, 0.15) is 24.2 Å². The van der Waals surface area contributed by atoms with Gasteiger partial charge in [0, 0.05) is 0 Å². The molecular weight excluding hydrogens is 275 g/mol. The molecule has 1 fully saturated rings. The lowest BCUT2D eigenvalue weighted by Gasteiger charge is -2.24. The van der Waals surface area contributed by atoms with Crippen molar-refractivity contribution in [2.75, 3.05) is 13.2 Å². The van der Waals surface area contributed by atoms with E-state index in [9.17, 15) is 14.0 Å². The molecule has 1 N–H and O–H groups in total. The third kappa shape index (κ3) is 3.51. The van der Waals surface area contributed by atoms with Crippen LogP contribution < -0.4 is 10.1 Å². The molecule has 1 atom stereocenters. The molecule has 1 heterocycles. The second-order valence-corrected chi connectivity index (χ2v) is 6.04. The highest BCUT2D eigenvalue weighted by Gasteiger charge is 2.43. The van der Waals surface area contributed by atoms with Gasteiger partial charge in [-0.15, -0.1) is 0 Å². The van der Waals surface area contributed by atoms with Crippen molar-refractivity contribution < 1.29 is 18.7 Å². The number of benzene rings is 1. The summed E-state index contributed by atoms with van der Waals surface area (Å²) in [6.07, 6.45) is 0. The number of ether oxygens (including phenoxy) is 1. The molecule has 3 amide bonds. The number of carbonyl (C=O) groups is 2. The van der Waals surface area contributed by atoms with Gasteiger partial charge < -0.3 is 10.1 Å². The number of hydrogen-bond donors (Lipinski definition) is 1. The Morgan fingerprint density at radius 1 is 1.24 bits per heavy atom. The van der Waals surface area contributed by atoms with Crippen LogP contribution in [0.1, 0.15) is 20.8 Å². The molecule has 1 aliphatic heterocycles. The summed E-state index contributed by atoms with van der Waals surface area (Å²) in [6.45, 7) is 6.02. The van der Waals surface area contributed by atoms with Gasteiger partial charge in [-0.2, -0.15) is 0 Å². The molecule has 6 heteroatoms. The molecule has 0 aromatic heterocycles. The zero-order valence-corrected chi connectivity index (χ0v) is 12.4. The van der Waals surface area contributed by atoms with E-state index in [1.54, 1.807) is 0 Å². The number of imide groups is 1. The zero-order chi connectivity index (χ0) is 15.6. The molecule has 5 nitrogen and oxygen atoms in total. The van der Waals surface area contributed by atoms with E-state index in [0.717, 1.165) is 4.90 Å². The highest BCUT2D eigenvalue weighted by Crippen LogP contribution is 2.24. The van der Waals surface area contributed by atoms with E-state index in [-0.39, 0.29) is 30.3 Å². The number of hydrogen-bond acceptors (Lipinski definition) is 3. The van der Waals surface area contributed by atoms with Crippen LogP contribution in [0, 0.1) is 11.2 Å². The van der Waals surface area contributed by atoms with Crippen LogP contribution in [0.25, 0.3) is 0 Å². The quantitative estimate of drug-likeness (QED) is 0.866. The van der Waals surface area contributed by atoms with Crippen LogP contribution in [-0.4, -0.2) is 36.0 Å². The highest BCUT2D eigenvalue weighted by atomic mass is 19.1. The molecule has 2 rings (SSSR count). The average Bonchev–Trinajstić information content (AvgIpc) is 2.68. The average molecular weight is 294 g/mol. The standard InChI is InChI=1S/C15H19FN2O3/c1-15(2,3)12-13(19)18(14(20)17-12)8-9-21-11-6-4-10(16)5-7-11/h4-7,12H,8-9H2,1-3H3,(H,17,20)/t12-/m0/s1. The first-order valence-corrected chi connectivity index (χ1v) is 6.79. The fourth-order valence-corrected chi connectivity index (χ4v) is 2.10. The van der Waals surface area contributed by atoms with Crippen LogP contribution >= 0.6 is 0 Å². The van der Waals surface area contributed by atoms with Gasteiger partial charge in [0.2, 0.25) is 0 Å². The summed E-state index contributed by atoms with van der Waals surface area (Å²) in [4.78, 5) is 25.2. The Morgan fingerprint density at radius 2 is 1.86 bits per heavy atom. The number of amides is 3. The summed E-state index contributed by atoms with van der Waals surface area (Å²) in [7, 11) is 0. The zero-order valence-electron chi connectivity index (χ0n) is 12.4. The fourth-order valence-electron chi connectivity index (χ4n) is 2.10. The van der Waals surface area contributed by atoms with Crippen LogP contribution in [0.3, 0.4) is 0 Å². The molecule has 1 saturated heterocycles. The third-order valence-electron chi connectivity index (χ3n) is 3.29. The Bertz CT molecular complexity index is 537. The molecule has 0 unspecified atom stereocenters. The summed E-state index contributed by atoms with van der Waals surface area (Å²) in [5, 5.41) is 2.68.